The van der Waals surface area contributed by atoms with Gasteiger partial charge >= 0.3 is 5.97 Å². The Kier molecular flexibility index (Phi) is 2.80. The van der Waals surface area contributed by atoms with Gasteiger partial charge in [-0.15, -0.1) is 0 Å². The summed E-state index contributed by atoms with van der Waals surface area (Å²) >= 11 is 0. The van der Waals surface area contributed by atoms with Crippen LogP contribution in [0.25, 0.3) is 0 Å². The maximum Gasteiger partial charge on any atom is 0.333 e. The van der Waals surface area contributed by atoms with Gasteiger partial charge in [0.2, 0.25) is 0 Å². The summed E-state index contributed by atoms with van der Waals surface area (Å²) in [6.45, 7) is 0. The van der Waals surface area contributed by atoms with E-state index in [0.717, 1.165) is 12.7 Å². The molecule has 3 heteroatoms. The molecule has 0 aromatic rings. The molecular formula is C9H10O3. The summed E-state index contributed by atoms with van der Waals surface area (Å²) in [6.07, 6.45) is 5.50. The fourth-order valence-corrected chi connectivity index (χ4v) is 1.10. The van der Waals surface area contributed by atoms with Crippen molar-refractivity contribution >= 4 is 12.3 Å². The maximum atomic E-state index is 11.0. The quantitative estimate of drug-likeness (QED) is 0.454. The summed E-state index contributed by atoms with van der Waals surface area (Å²) in [5.74, 6) is -0.345. The highest BCUT2D eigenvalue weighted by atomic mass is 16.5. The average Bonchev–Trinajstić information content (AvgIpc) is 2.17. The fourth-order valence-electron chi connectivity index (χ4n) is 1.10. The summed E-state index contributed by atoms with van der Waals surface area (Å²) < 4.78 is 4.53. The molecule has 0 fully saturated rings. The smallest absolute Gasteiger partial charge is 0.333 e. The second-order valence-electron chi connectivity index (χ2n) is 2.52. The van der Waals surface area contributed by atoms with Crippen LogP contribution >= 0.6 is 0 Å². The lowest BCUT2D eigenvalue weighted by Gasteiger charge is -2.07. The van der Waals surface area contributed by atoms with Crippen molar-refractivity contribution in [2.75, 3.05) is 7.11 Å². The van der Waals surface area contributed by atoms with Crippen molar-refractivity contribution in [3.8, 4) is 0 Å². The van der Waals surface area contributed by atoms with Gasteiger partial charge in [-0.1, -0.05) is 6.08 Å². The van der Waals surface area contributed by atoms with E-state index in [9.17, 15) is 9.59 Å². The Morgan fingerprint density at radius 3 is 3.00 bits per heavy atom. The van der Waals surface area contributed by atoms with Crippen LogP contribution in [0.5, 0.6) is 0 Å². The van der Waals surface area contributed by atoms with Gasteiger partial charge in [-0.25, -0.2) is 4.79 Å². The van der Waals surface area contributed by atoms with Crippen molar-refractivity contribution < 1.29 is 14.3 Å². The van der Waals surface area contributed by atoms with Crippen LogP contribution in [0, 0.1) is 0 Å². The molecular weight excluding hydrogens is 156 g/mol. The van der Waals surface area contributed by atoms with E-state index < -0.39 is 0 Å². The zero-order chi connectivity index (χ0) is 8.97. The standard InChI is InChI=1S/C9H10O3/c1-12-9(11)8-4-2-3-7(5-8)6-10/h3,5-6H,2,4H2,1H3. The molecule has 1 rings (SSSR count). The van der Waals surface area contributed by atoms with E-state index in [2.05, 4.69) is 4.74 Å². The van der Waals surface area contributed by atoms with Crippen molar-refractivity contribution in [3.05, 3.63) is 23.3 Å². The lowest BCUT2D eigenvalue weighted by atomic mass is 10.0. The van der Waals surface area contributed by atoms with E-state index in [1.807, 2.05) is 0 Å². The normalized spacial score (nSPS) is 16.1. The molecule has 0 saturated heterocycles. The van der Waals surface area contributed by atoms with Gasteiger partial charge in [-0.3, -0.25) is 4.79 Å². The summed E-state index contributed by atoms with van der Waals surface area (Å²) in [6, 6.07) is 0. The molecule has 0 heterocycles. The first-order valence-electron chi connectivity index (χ1n) is 3.72. The minimum Gasteiger partial charge on any atom is -0.466 e. The highest BCUT2D eigenvalue weighted by molar-refractivity contribution is 5.92. The van der Waals surface area contributed by atoms with Crippen molar-refractivity contribution in [1.29, 1.82) is 0 Å². The molecule has 0 aliphatic heterocycles. The molecule has 0 radical (unpaired) electrons. The molecule has 0 aromatic heterocycles. The molecule has 0 aromatic carbocycles. The molecule has 1 aliphatic rings. The number of hydrogen-bond acceptors (Lipinski definition) is 3. The van der Waals surface area contributed by atoms with E-state index in [4.69, 9.17) is 0 Å². The van der Waals surface area contributed by atoms with Crippen LogP contribution < -0.4 is 0 Å². The first-order chi connectivity index (χ1) is 5.77. The summed E-state index contributed by atoms with van der Waals surface area (Å²) in [5, 5.41) is 0. The van der Waals surface area contributed by atoms with Gasteiger partial charge in [-0.2, -0.15) is 0 Å². The second-order valence-corrected chi connectivity index (χ2v) is 2.52. The third-order valence-electron chi connectivity index (χ3n) is 1.72. The van der Waals surface area contributed by atoms with Crippen LogP contribution in [-0.4, -0.2) is 19.4 Å². The summed E-state index contributed by atoms with van der Waals surface area (Å²) in [4.78, 5) is 21.3. The Bertz CT molecular complexity index is 261. The molecule has 64 valence electrons. The van der Waals surface area contributed by atoms with Gasteiger partial charge in [0.15, 0.2) is 0 Å². The third-order valence-corrected chi connectivity index (χ3v) is 1.72. The van der Waals surface area contributed by atoms with Crippen molar-refractivity contribution in [2.45, 2.75) is 12.8 Å². The largest absolute Gasteiger partial charge is 0.466 e. The van der Waals surface area contributed by atoms with E-state index in [-0.39, 0.29) is 5.97 Å². The van der Waals surface area contributed by atoms with Gasteiger partial charge in [0.1, 0.15) is 6.29 Å². The van der Waals surface area contributed by atoms with E-state index in [1.165, 1.54) is 7.11 Å². The lowest BCUT2D eigenvalue weighted by molar-refractivity contribution is -0.136. The number of aldehydes is 1. The minimum atomic E-state index is -0.345. The highest BCUT2D eigenvalue weighted by Crippen LogP contribution is 2.16. The Morgan fingerprint density at radius 2 is 2.42 bits per heavy atom. The minimum absolute atomic E-state index is 0.345. The molecule has 0 spiro atoms. The van der Waals surface area contributed by atoms with Crippen molar-refractivity contribution in [2.24, 2.45) is 0 Å². The predicted octanol–water partition coefficient (Wildman–Crippen LogP) is 1.00. The lowest BCUT2D eigenvalue weighted by Crippen LogP contribution is -2.07. The molecule has 0 amide bonds. The van der Waals surface area contributed by atoms with Crippen LogP contribution in [0.2, 0.25) is 0 Å². The summed E-state index contributed by atoms with van der Waals surface area (Å²) in [5.41, 5.74) is 1.13. The Hall–Kier alpha value is -1.38. The molecule has 3 nitrogen and oxygen atoms in total. The molecule has 1 aliphatic carbocycles. The van der Waals surface area contributed by atoms with Crippen LogP contribution in [0.4, 0.5) is 0 Å². The average molecular weight is 166 g/mol. The number of rotatable bonds is 2. The monoisotopic (exact) mass is 166 g/mol. The molecule has 12 heavy (non-hydrogen) atoms. The topological polar surface area (TPSA) is 43.4 Å². The first-order valence-corrected chi connectivity index (χ1v) is 3.72. The molecule has 0 atom stereocenters. The van der Waals surface area contributed by atoms with E-state index in [1.54, 1.807) is 12.2 Å². The number of methoxy groups -OCH3 is 1. The molecule has 0 saturated carbocycles. The van der Waals surface area contributed by atoms with Crippen molar-refractivity contribution in [3.63, 3.8) is 0 Å². The predicted molar refractivity (Wildman–Crippen MR) is 43.5 cm³/mol. The maximum absolute atomic E-state index is 11.0. The fraction of sp³-hybridized carbons (Fsp3) is 0.333. The van der Waals surface area contributed by atoms with Crippen LogP contribution in [-0.2, 0) is 14.3 Å². The second kappa shape index (κ2) is 3.85. The third kappa shape index (κ3) is 1.81. The number of allylic oxidation sites excluding steroid dienone is 3. The number of carbonyl (C=O) groups excluding carboxylic acids is 2. The van der Waals surface area contributed by atoms with Crippen LogP contribution in [0.3, 0.4) is 0 Å². The Balaban J connectivity index is 2.79. The zero-order valence-electron chi connectivity index (χ0n) is 6.87. The number of hydrogen-bond donors (Lipinski definition) is 0. The molecule has 0 bridgehead atoms. The van der Waals surface area contributed by atoms with Gasteiger partial charge in [-0.05, 0) is 18.9 Å². The number of ether oxygens (including phenoxy) is 1. The van der Waals surface area contributed by atoms with Gasteiger partial charge in [0, 0.05) is 11.1 Å². The highest BCUT2D eigenvalue weighted by Gasteiger charge is 2.12. The summed E-state index contributed by atoms with van der Waals surface area (Å²) in [7, 11) is 1.34. The Morgan fingerprint density at radius 1 is 1.67 bits per heavy atom. The molecule has 0 unspecified atom stereocenters. The van der Waals surface area contributed by atoms with Crippen LogP contribution in [0.15, 0.2) is 23.3 Å². The van der Waals surface area contributed by atoms with Crippen molar-refractivity contribution in [1.82, 2.24) is 0 Å². The Labute approximate surface area is 70.7 Å². The SMILES string of the molecule is COC(=O)C1=CC(C=O)=CCC1. The van der Waals surface area contributed by atoms with Crippen LogP contribution in [0.1, 0.15) is 12.8 Å². The molecule has 0 N–H and O–H groups in total. The van der Waals surface area contributed by atoms with Gasteiger partial charge in [0.25, 0.3) is 0 Å². The van der Waals surface area contributed by atoms with E-state index >= 15 is 0 Å². The zero-order valence-corrected chi connectivity index (χ0v) is 6.87. The first kappa shape index (κ1) is 8.71. The number of esters is 1. The van der Waals surface area contributed by atoms with Gasteiger partial charge in [0.05, 0.1) is 7.11 Å². The van der Waals surface area contributed by atoms with Gasteiger partial charge < -0.3 is 4.74 Å². The van der Waals surface area contributed by atoms with E-state index in [0.29, 0.717) is 17.6 Å². The number of carbonyl (C=O) groups is 2.